The molecule has 1 aromatic heterocycles. The Labute approximate surface area is 155 Å². The summed E-state index contributed by atoms with van der Waals surface area (Å²) < 4.78 is 5.72. The third-order valence-electron chi connectivity index (χ3n) is 4.86. The molecule has 26 heavy (non-hydrogen) atoms. The Morgan fingerprint density at radius 3 is 2.46 bits per heavy atom. The van der Waals surface area contributed by atoms with E-state index in [4.69, 9.17) is 4.74 Å². The Morgan fingerprint density at radius 1 is 1.19 bits per heavy atom. The normalized spacial score (nSPS) is 24.6. The molecule has 144 valence electrons. The lowest BCUT2D eigenvalue weighted by atomic mass is 10.2. The molecule has 0 aromatic carbocycles. The maximum atomic E-state index is 12.6. The Kier molecular flexibility index (Phi) is 5.93. The van der Waals surface area contributed by atoms with Crippen molar-refractivity contribution in [3.05, 3.63) is 12.3 Å². The van der Waals surface area contributed by atoms with Gasteiger partial charge in [-0.15, -0.1) is 0 Å². The van der Waals surface area contributed by atoms with Crippen molar-refractivity contribution < 1.29 is 9.53 Å². The summed E-state index contributed by atoms with van der Waals surface area (Å²) in [7, 11) is 3.88. The Bertz CT molecular complexity index is 607. The first-order valence-electron chi connectivity index (χ1n) is 9.33. The van der Waals surface area contributed by atoms with Gasteiger partial charge in [-0.05, 0) is 19.9 Å². The van der Waals surface area contributed by atoms with Crippen molar-refractivity contribution in [2.24, 2.45) is 0 Å². The molecule has 2 aliphatic heterocycles. The van der Waals surface area contributed by atoms with E-state index in [0.717, 1.165) is 37.9 Å². The van der Waals surface area contributed by atoms with Crippen molar-refractivity contribution in [2.45, 2.75) is 26.1 Å². The average Bonchev–Trinajstić information content (AvgIpc) is 2.61. The molecule has 0 bridgehead atoms. The van der Waals surface area contributed by atoms with Crippen molar-refractivity contribution in [1.29, 1.82) is 0 Å². The second-order valence-corrected chi connectivity index (χ2v) is 7.43. The number of morpholine rings is 1. The topological polar surface area (TPSA) is 65.0 Å². The minimum Gasteiger partial charge on any atom is -0.372 e. The predicted octanol–water partition coefficient (Wildman–Crippen LogP) is 0.300. The van der Waals surface area contributed by atoms with Gasteiger partial charge < -0.3 is 19.4 Å². The van der Waals surface area contributed by atoms with Crippen LogP contribution in [0.2, 0.25) is 0 Å². The van der Waals surface area contributed by atoms with E-state index in [0.29, 0.717) is 19.6 Å². The molecule has 3 heterocycles. The maximum absolute atomic E-state index is 12.6. The van der Waals surface area contributed by atoms with Gasteiger partial charge in [-0.25, -0.2) is 4.98 Å². The summed E-state index contributed by atoms with van der Waals surface area (Å²) in [6.45, 7) is 9.39. The summed E-state index contributed by atoms with van der Waals surface area (Å²) in [5.74, 6) is 1.87. The summed E-state index contributed by atoms with van der Waals surface area (Å²) in [6, 6.07) is 1.95. The van der Waals surface area contributed by atoms with Gasteiger partial charge >= 0.3 is 0 Å². The van der Waals surface area contributed by atoms with Crippen LogP contribution in [-0.2, 0) is 9.53 Å². The Hall–Kier alpha value is -1.93. The van der Waals surface area contributed by atoms with Crippen LogP contribution in [0.25, 0.3) is 0 Å². The highest BCUT2D eigenvalue weighted by atomic mass is 16.5. The van der Waals surface area contributed by atoms with Gasteiger partial charge in [0.1, 0.15) is 5.82 Å². The van der Waals surface area contributed by atoms with Crippen LogP contribution in [0.5, 0.6) is 0 Å². The van der Waals surface area contributed by atoms with E-state index in [1.54, 1.807) is 6.20 Å². The fraction of sp³-hybridized carbons (Fsp3) is 0.722. The molecule has 2 saturated heterocycles. The van der Waals surface area contributed by atoms with E-state index in [1.165, 1.54) is 0 Å². The van der Waals surface area contributed by atoms with Crippen molar-refractivity contribution in [1.82, 2.24) is 19.8 Å². The number of anilines is 2. The first kappa shape index (κ1) is 18.8. The lowest BCUT2D eigenvalue weighted by Gasteiger charge is -2.38. The van der Waals surface area contributed by atoms with Gasteiger partial charge in [0.2, 0.25) is 11.9 Å². The zero-order valence-corrected chi connectivity index (χ0v) is 16.3. The Balaban J connectivity index is 1.51. The number of carbonyl (C=O) groups is 1. The summed E-state index contributed by atoms with van der Waals surface area (Å²) in [5.41, 5.74) is 0. The predicted molar refractivity (Wildman–Crippen MR) is 102 cm³/mol. The smallest absolute Gasteiger partial charge is 0.236 e. The first-order valence-corrected chi connectivity index (χ1v) is 9.33. The zero-order chi connectivity index (χ0) is 18.7. The van der Waals surface area contributed by atoms with Crippen LogP contribution in [0.1, 0.15) is 13.8 Å². The first-order chi connectivity index (χ1) is 12.4. The van der Waals surface area contributed by atoms with E-state index in [9.17, 15) is 4.79 Å². The molecule has 0 saturated carbocycles. The van der Waals surface area contributed by atoms with Gasteiger partial charge in [0.15, 0.2) is 0 Å². The molecule has 8 heteroatoms. The molecule has 0 N–H and O–H groups in total. The van der Waals surface area contributed by atoms with Crippen molar-refractivity contribution >= 4 is 17.7 Å². The minimum atomic E-state index is 0.114. The fourth-order valence-electron chi connectivity index (χ4n) is 3.54. The second-order valence-electron chi connectivity index (χ2n) is 7.43. The highest BCUT2D eigenvalue weighted by Gasteiger charge is 2.28. The fourth-order valence-corrected chi connectivity index (χ4v) is 3.54. The van der Waals surface area contributed by atoms with Crippen molar-refractivity contribution in [2.75, 3.05) is 69.7 Å². The summed E-state index contributed by atoms with van der Waals surface area (Å²) >= 11 is 0. The van der Waals surface area contributed by atoms with E-state index in [2.05, 4.69) is 19.8 Å². The number of piperazine rings is 1. The van der Waals surface area contributed by atoms with Crippen molar-refractivity contribution in [3.63, 3.8) is 0 Å². The van der Waals surface area contributed by atoms with Crippen molar-refractivity contribution in [3.8, 4) is 0 Å². The number of nitrogens with zero attached hydrogens (tertiary/aromatic N) is 6. The van der Waals surface area contributed by atoms with Gasteiger partial charge in [-0.1, -0.05) is 0 Å². The number of aromatic nitrogens is 2. The van der Waals surface area contributed by atoms with Gasteiger partial charge in [-0.2, -0.15) is 4.98 Å². The molecule has 3 rings (SSSR count). The van der Waals surface area contributed by atoms with Gasteiger partial charge in [-0.3, -0.25) is 9.69 Å². The summed E-state index contributed by atoms with van der Waals surface area (Å²) in [6.07, 6.45) is 2.03. The van der Waals surface area contributed by atoms with Crippen LogP contribution < -0.4 is 9.80 Å². The summed E-state index contributed by atoms with van der Waals surface area (Å²) in [4.78, 5) is 29.8. The number of ether oxygens (including phenoxy) is 1. The Morgan fingerprint density at radius 2 is 1.85 bits per heavy atom. The van der Waals surface area contributed by atoms with E-state index in [-0.39, 0.29) is 18.1 Å². The van der Waals surface area contributed by atoms with Crippen LogP contribution in [0.4, 0.5) is 11.8 Å². The zero-order valence-electron chi connectivity index (χ0n) is 16.3. The standard InChI is InChI=1S/C18H30N6O2/c1-14-11-24(12-15(2)26-14)17(25)13-22-7-9-23(10-8-22)16-5-6-19-18(20-16)21(3)4/h5-6,14-15H,7-13H2,1-4H3. The minimum absolute atomic E-state index is 0.114. The van der Waals surface area contributed by atoms with Gasteiger partial charge in [0.25, 0.3) is 0 Å². The van der Waals surface area contributed by atoms with Crippen LogP contribution in [0.3, 0.4) is 0 Å². The van der Waals surface area contributed by atoms with Gasteiger partial charge in [0, 0.05) is 59.6 Å². The molecule has 0 radical (unpaired) electrons. The molecule has 0 aliphatic carbocycles. The molecular weight excluding hydrogens is 332 g/mol. The monoisotopic (exact) mass is 362 g/mol. The van der Waals surface area contributed by atoms with E-state index >= 15 is 0 Å². The SMILES string of the molecule is CC1CN(C(=O)CN2CCN(c3ccnc(N(C)C)n3)CC2)CC(C)O1. The highest BCUT2D eigenvalue weighted by molar-refractivity contribution is 5.78. The molecule has 2 aliphatic rings. The molecule has 1 aromatic rings. The number of carbonyl (C=O) groups excluding carboxylic acids is 1. The number of hydrogen-bond donors (Lipinski definition) is 0. The van der Waals surface area contributed by atoms with E-state index in [1.807, 2.05) is 43.8 Å². The van der Waals surface area contributed by atoms with Crippen LogP contribution in [0.15, 0.2) is 12.3 Å². The van der Waals surface area contributed by atoms with Crippen LogP contribution >= 0.6 is 0 Å². The molecular formula is C18H30N6O2. The molecule has 1 amide bonds. The quantitative estimate of drug-likeness (QED) is 0.763. The lowest BCUT2D eigenvalue weighted by molar-refractivity contribution is -0.144. The number of amides is 1. The van der Waals surface area contributed by atoms with Gasteiger partial charge in [0.05, 0.1) is 18.8 Å². The molecule has 0 spiro atoms. The molecule has 2 fully saturated rings. The maximum Gasteiger partial charge on any atom is 0.236 e. The van der Waals surface area contributed by atoms with Crippen LogP contribution in [-0.4, -0.2) is 97.8 Å². The summed E-state index contributed by atoms with van der Waals surface area (Å²) in [5, 5.41) is 0. The molecule has 8 nitrogen and oxygen atoms in total. The number of hydrogen-bond acceptors (Lipinski definition) is 7. The van der Waals surface area contributed by atoms with Crippen LogP contribution in [0, 0.1) is 0 Å². The average molecular weight is 362 g/mol. The third-order valence-corrected chi connectivity index (χ3v) is 4.86. The largest absolute Gasteiger partial charge is 0.372 e. The van der Waals surface area contributed by atoms with E-state index < -0.39 is 0 Å². The number of rotatable bonds is 4. The second kappa shape index (κ2) is 8.18. The molecule has 2 atom stereocenters. The lowest BCUT2D eigenvalue weighted by Crippen LogP contribution is -2.54. The molecule has 2 unspecified atom stereocenters. The third kappa shape index (κ3) is 4.62. The highest BCUT2D eigenvalue weighted by Crippen LogP contribution is 2.16.